The lowest BCUT2D eigenvalue weighted by Gasteiger charge is -2.36. The SMILES string of the molecule is Cc1cccc(C2C(C(=O)c3cccc(Cl)c3)C(c3cccs3)C(C(=O)N3CCNCC3)N2C(=O)c2cccs2)c1. The number of carbonyl (C=O) groups is 3. The van der Waals surface area contributed by atoms with Gasteiger partial charge in [0.05, 0.1) is 16.8 Å². The predicted molar refractivity (Wildman–Crippen MR) is 164 cm³/mol. The highest BCUT2D eigenvalue weighted by Gasteiger charge is 2.58. The first kappa shape index (κ1) is 27.8. The van der Waals surface area contributed by atoms with Gasteiger partial charge in [-0.3, -0.25) is 14.4 Å². The number of Topliss-reactive ketones (excluding diaryl/α,β-unsaturated/α-hetero) is 1. The Morgan fingerprint density at radius 1 is 0.902 bits per heavy atom. The zero-order chi connectivity index (χ0) is 28.5. The molecule has 6 rings (SSSR count). The number of piperazine rings is 1. The minimum atomic E-state index is -0.847. The van der Waals surface area contributed by atoms with E-state index in [-0.39, 0.29) is 17.6 Å². The normalized spacial score (nSPS) is 22.6. The summed E-state index contributed by atoms with van der Waals surface area (Å²) >= 11 is 9.22. The lowest BCUT2D eigenvalue weighted by molar-refractivity contribution is -0.136. The number of benzene rings is 2. The Labute approximate surface area is 252 Å². The van der Waals surface area contributed by atoms with Gasteiger partial charge in [0.2, 0.25) is 5.91 Å². The fraction of sp³-hybridized carbons (Fsp3) is 0.281. The molecule has 2 amide bonds. The first-order valence-electron chi connectivity index (χ1n) is 13.7. The lowest BCUT2D eigenvalue weighted by Crippen LogP contribution is -2.54. The first-order valence-corrected chi connectivity index (χ1v) is 15.8. The number of thiophene rings is 2. The average Bonchev–Trinajstić information content (AvgIpc) is 3.77. The van der Waals surface area contributed by atoms with Crippen molar-refractivity contribution in [2.45, 2.75) is 24.9 Å². The van der Waals surface area contributed by atoms with E-state index in [9.17, 15) is 14.4 Å². The third-order valence-corrected chi connectivity index (χ3v) is 10.0. The summed E-state index contributed by atoms with van der Waals surface area (Å²) in [6.45, 7) is 4.48. The van der Waals surface area contributed by atoms with Gasteiger partial charge in [-0.15, -0.1) is 22.7 Å². The quantitative estimate of drug-likeness (QED) is 0.272. The summed E-state index contributed by atoms with van der Waals surface area (Å²) < 4.78 is 0. The van der Waals surface area contributed by atoms with Gasteiger partial charge in [0.25, 0.3) is 5.91 Å². The van der Waals surface area contributed by atoms with Gasteiger partial charge in [0.15, 0.2) is 5.78 Å². The van der Waals surface area contributed by atoms with Gasteiger partial charge in [0, 0.05) is 47.6 Å². The molecule has 41 heavy (non-hydrogen) atoms. The zero-order valence-corrected chi connectivity index (χ0v) is 24.9. The molecule has 4 atom stereocenters. The highest BCUT2D eigenvalue weighted by atomic mass is 35.5. The minimum Gasteiger partial charge on any atom is -0.338 e. The molecule has 0 radical (unpaired) electrons. The first-order chi connectivity index (χ1) is 19.9. The monoisotopic (exact) mass is 603 g/mol. The standard InChI is InChI=1S/C32H30ClN3O3S2/c1-20-6-2-7-21(18-20)28-27(30(37)22-8-3-9-23(33)19-22)26(24-10-4-16-40-24)29(32(39)35-14-12-34-13-15-35)36(28)31(38)25-11-5-17-41-25/h2-11,16-19,26-29,34H,12-15H2,1H3. The van der Waals surface area contributed by atoms with E-state index in [1.54, 1.807) is 35.2 Å². The summed E-state index contributed by atoms with van der Waals surface area (Å²) in [5, 5.41) is 7.61. The number of aryl methyl sites for hydroxylation is 1. The van der Waals surface area contributed by atoms with Crippen LogP contribution in [0, 0.1) is 12.8 Å². The summed E-state index contributed by atoms with van der Waals surface area (Å²) in [4.78, 5) is 48.7. The largest absolute Gasteiger partial charge is 0.338 e. The van der Waals surface area contributed by atoms with Crippen molar-refractivity contribution in [3.8, 4) is 0 Å². The molecule has 6 nitrogen and oxygen atoms in total. The van der Waals surface area contributed by atoms with Gasteiger partial charge in [-0.1, -0.05) is 65.7 Å². The fourth-order valence-electron chi connectivity index (χ4n) is 6.21. The van der Waals surface area contributed by atoms with E-state index in [1.165, 1.54) is 22.7 Å². The van der Waals surface area contributed by atoms with Crippen molar-refractivity contribution in [3.05, 3.63) is 115 Å². The molecule has 1 N–H and O–H groups in total. The van der Waals surface area contributed by atoms with E-state index >= 15 is 0 Å². The smallest absolute Gasteiger partial charge is 0.265 e. The molecule has 2 aromatic heterocycles. The molecule has 9 heteroatoms. The minimum absolute atomic E-state index is 0.117. The van der Waals surface area contributed by atoms with Crippen LogP contribution in [0.15, 0.2) is 83.6 Å². The topological polar surface area (TPSA) is 69.7 Å². The van der Waals surface area contributed by atoms with Crippen LogP contribution in [0.2, 0.25) is 5.02 Å². The van der Waals surface area contributed by atoms with E-state index in [1.807, 2.05) is 65.0 Å². The maximum Gasteiger partial charge on any atom is 0.265 e. The molecule has 2 aromatic carbocycles. The fourth-order valence-corrected chi connectivity index (χ4v) is 7.97. The van der Waals surface area contributed by atoms with E-state index in [0.717, 1.165) is 16.0 Å². The number of likely N-dealkylation sites (tertiary alicyclic amines) is 1. The molecule has 4 heterocycles. The molecule has 4 aromatic rings. The van der Waals surface area contributed by atoms with Crippen LogP contribution in [-0.2, 0) is 4.79 Å². The predicted octanol–water partition coefficient (Wildman–Crippen LogP) is 6.05. The average molecular weight is 604 g/mol. The zero-order valence-electron chi connectivity index (χ0n) is 22.5. The molecule has 2 saturated heterocycles. The van der Waals surface area contributed by atoms with Crippen molar-refractivity contribution < 1.29 is 14.4 Å². The molecule has 0 bridgehead atoms. The molecule has 4 unspecified atom stereocenters. The number of nitrogens with zero attached hydrogens (tertiary/aromatic N) is 2. The molecule has 0 aliphatic carbocycles. The Balaban J connectivity index is 1.59. The summed E-state index contributed by atoms with van der Waals surface area (Å²) in [6, 6.07) is 21.0. The Hall–Kier alpha value is -3.30. The van der Waals surface area contributed by atoms with E-state index in [4.69, 9.17) is 11.6 Å². The number of ketones is 1. The molecule has 0 spiro atoms. The number of halogens is 1. The van der Waals surface area contributed by atoms with Crippen molar-refractivity contribution in [2.75, 3.05) is 26.2 Å². The number of hydrogen-bond acceptors (Lipinski definition) is 6. The molecule has 2 fully saturated rings. The molecular weight excluding hydrogens is 574 g/mol. The van der Waals surface area contributed by atoms with Crippen LogP contribution in [0.4, 0.5) is 0 Å². The lowest BCUT2D eigenvalue weighted by atomic mass is 9.78. The molecule has 2 aliphatic rings. The van der Waals surface area contributed by atoms with Crippen molar-refractivity contribution in [3.63, 3.8) is 0 Å². The molecule has 210 valence electrons. The van der Waals surface area contributed by atoms with Gasteiger partial charge in [-0.25, -0.2) is 0 Å². The Morgan fingerprint density at radius 2 is 1.66 bits per heavy atom. The van der Waals surface area contributed by atoms with Crippen LogP contribution in [0.5, 0.6) is 0 Å². The van der Waals surface area contributed by atoms with Gasteiger partial charge in [0.1, 0.15) is 6.04 Å². The third kappa shape index (κ3) is 5.37. The maximum atomic E-state index is 14.6. The highest BCUT2D eigenvalue weighted by Crippen LogP contribution is 2.53. The highest BCUT2D eigenvalue weighted by molar-refractivity contribution is 7.12. The molecule has 0 saturated carbocycles. The van der Waals surface area contributed by atoms with Gasteiger partial charge in [-0.2, -0.15) is 0 Å². The van der Waals surface area contributed by atoms with Crippen LogP contribution < -0.4 is 5.32 Å². The van der Waals surface area contributed by atoms with Crippen LogP contribution in [-0.4, -0.2) is 59.6 Å². The number of nitrogens with one attached hydrogen (secondary N) is 1. The van der Waals surface area contributed by atoms with Gasteiger partial charge in [-0.05, 0) is 47.5 Å². The summed E-state index contributed by atoms with van der Waals surface area (Å²) in [7, 11) is 0. The van der Waals surface area contributed by atoms with Crippen molar-refractivity contribution in [2.24, 2.45) is 5.92 Å². The van der Waals surface area contributed by atoms with E-state index < -0.39 is 23.9 Å². The molecular formula is C32H30ClN3O3S2. The number of carbonyl (C=O) groups excluding carboxylic acids is 3. The summed E-state index contributed by atoms with van der Waals surface area (Å²) in [5.41, 5.74) is 2.33. The van der Waals surface area contributed by atoms with Gasteiger partial charge >= 0.3 is 0 Å². The van der Waals surface area contributed by atoms with E-state index in [0.29, 0.717) is 41.6 Å². The van der Waals surface area contributed by atoms with E-state index in [2.05, 4.69) is 5.32 Å². The second-order valence-corrected chi connectivity index (χ2v) is 12.9. The Bertz CT molecular complexity index is 1550. The van der Waals surface area contributed by atoms with Crippen molar-refractivity contribution in [1.29, 1.82) is 0 Å². The summed E-state index contributed by atoms with van der Waals surface area (Å²) in [6.07, 6.45) is 0. The van der Waals surface area contributed by atoms with Crippen LogP contribution in [0.3, 0.4) is 0 Å². The second kappa shape index (κ2) is 11.9. The number of amides is 2. The van der Waals surface area contributed by atoms with Gasteiger partial charge < -0.3 is 15.1 Å². The number of rotatable bonds is 6. The van der Waals surface area contributed by atoms with Crippen molar-refractivity contribution >= 4 is 51.9 Å². The maximum absolute atomic E-state index is 14.6. The van der Waals surface area contributed by atoms with Crippen LogP contribution in [0.25, 0.3) is 0 Å². The van der Waals surface area contributed by atoms with Crippen LogP contribution >= 0.6 is 34.3 Å². The van der Waals surface area contributed by atoms with Crippen LogP contribution in [0.1, 0.15) is 48.0 Å². The second-order valence-electron chi connectivity index (χ2n) is 10.5. The third-order valence-electron chi connectivity index (χ3n) is 7.98. The molecule has 2 aliphatic heterocycles. The summed E-state index contributed by atoms with van der Waals surface area (Å²) in [5.74, 6) is -1.71. The van der Waals surface area contributed by atoms with Crippen molar-refractivity contribution in [1.82, 2.24) is 15.1 Å². The number of hydrogen-bond donors (Lipinski definition) is 1. The Kier molecular flexibility index (Phi) is 8.08. The Morgan fingerprint density at radius 3 is 2.34 bits per heavy atom.